The molecule has 0 aromatic heterocycles. The topological polar surface area (TPSA) is 70.0 Å². The van der Waals surface area contributed by atoms with E-state index in [1.54, 1.807) is 20.8 Å². The zero-order valence-electron chi connectivity index (χ0n) is 10.9. The number of aliphatic hydroxyl groups is 2. The summed E-state index contributed by atoms with van der Waals surface area (Å²) < 4.78 is 5.26. The van der Waals surface area contributed by atoms with E-state index in [9.17, 15) is 15.0 Å². The van der Waals surface area contributed by atoms with Gasteiger partial charge in [0, 0.05) is 6.54 Å². The minimum atomic E-state index is -1.19. The molecule has 1 rings (SSSR count). The number of rotatable bonds is 1. The summed E-state index contributed by atoms with van der Waals surface area (Å²) in [7, 11) is 0. The van der Waals surface area contributed by atoms with Gasteiger partial charge in [-0.2, -0.15) is 0 Å². The number of aliphatic hydroxyl groups excluding tert-OH is 1. The highest BCUT2D eigenvalue weighted by Gasteiger charge is 2.34. The molecule has 1 atom stereocenters. The summed E-state index contributed by atoms with van der Waals surface area (Å²) in [5, 5.41) is 19.3. The molecule has 0 saturated carbocycles. The van der Waals surface area contributed by atoms with Crippen LogP contribution in [0.25, 0.3) is 0 Å². The van der Waals surface area contributed by atoms with E-state index in [1.165, 1.54) is 4.90 Å². The van der Waals surface area contributed by atoms with Gasteiger partial charge >= 0.3 is 6.09 Å². The van der Waals surface area contributed by atoms with Crippen molar-refractivity contribution in [2.45, 2.75) is 51.2 Å². The van der Waals surface area contributed by atoms with Crippen LogP contribution in [0.2, 0.25) is 0 Å². The van der Waals surface area contributed by atoms with E-state index < -0.39 is 17.3 Å². The maximum Gasteiger partial charge on any atom is 0.410 e. The average molecular weight is 245 g/mol. The summed E-state index contributed by atoms with van der Waals surface area (Å²) in [5.41, 5.74) is -1.73. The molecular weight excluding hydrogens is 222 g/mol. The second kappa shape index (κ2) is 5.23. The van der Waals surface area contributed by atoms with Crippen molar-refractivity contribution >= 4 is 6.09 Å². The normalized spacial score (nSPS) is 26.5. The van der Waals surface area contributed by atoms with E-state index in [2.05, 4.69) is 0 Å². The molecule has 5 nitrogen and oxygen atoms in total. The second-order valence-corrected chi connectivity index (χ2v) is 5.74. The number of ether oxygens (including phenoxy) is 1. The van der Waals surface area contributed by atoms with Crippen LogP contribution in [0.5, 0.6) is 0 Å². The molecule has 0 aromatic carbocycles. The van der Waals surface area contributed by atoms with Gasteiger partial charge in [0.05, 0.1) is 13.2 Å². The van der Waals surface area contributed by atoms with Crippen LogP contribution in [0.4, 0.5) is 4.79 Å². The van der Waals surface area contributed by atoms with Gasteiger partial charge in [-0.05, 0) is 40.0 Å². The Morgan fingerprint density at radius 2 is 2.06 bits per heavy atom. The van der Waals surface area contributed by atoms with Crippen LogP contribution in [-0.4, -0.2) is 52.1 Å². The molecule has 0 radical (unpaired) electrons. The fourth-order valence-electron chi connectivity index (χ4n) is 1.88. The SMILES string of the molecule is CC(C)(C)OC(=O)N1CCCCC(O)(CO)C1. The summed E-state index contributed by atoms with van der Waals surface area (Å²) in [5.74, 6) is 0. The van der Waals surface area contributed by atoms with E-state index >= 15 is 0 Å². The number of likely N-dealkylation sites (tertiary alicyclic amines) is 1. The van der Waals surface area contributed by atoms with Crippen LogP contribution in [-0.2, 0) is 4.74 Å². The van der Waals surface area contributed by atoms with Crippen molar-refractivity contribution in [1.82, 2.24) is 4.90 Å². The highest BCUT2D eigenvalue weighted by Crippen LogP contribution is 2.22. The third-order valence-corrected chi connectivity index (χ3v) is 2.75. The summed E-state index contributed by atoms with van der Waals surface area (Å²) >= 11 is 0. The maximum absolute atomic E-state index is 11.9. The maximum atomic E-state index is 11.9. The summed E-state index contributed by atoms with van der Waals surface area (Å²) in [4.78, 5) is 13.4. The summed E-state index contributed by atoms with van der Waals surface area (Å²) in [6.07, 6.45) is 1.71. The molecule has 1 saturated heterocycles. The van der Waals surface area contributed by atoms with Gasteiger partial charge in [0.25, 0.3) is 0 Å². The fraction of sp³-hybridized carbons (Fsp3) is 0.917. The lowest BCUT2D eigenvalue weighted by Crippen LogP contribution is -2.48. The summed E-state index contributed by atoms with van der Waals surface area (Å²) in [6, 6.07) is 0. The first-order valence-corrected chi connectivity index (χ1v) is 6.07. The van der Waals surface area contributed by atoms with E-state index in [1.807, 2.05) is 0 Å². The van der Waals surface area contributed by atoms with E-state index in [4.69, 9.17) is 4.74 Å². The van der Waals surface area contributed by atoms with Gasteiger partial charge in [-0.3, -0.25) is 0 Å². The Morgan fingerprint density at radius 3 is 2.59 bits per heavy atom. The van der Waals surface area contributed by atoms with Crippen molar-refractivity contribution < 1.29 is 19.7 Å². The Labute approximate surface area is 102 Å². The van der Waals surface area contributed by atoms with Gasteiger partial charge in [0.2, 0.25) is 0 Å². The standard InChI is InChI=1S/C12H23NO4/c1-11(2,3)17-10(15)13-7-5-4-6-12(16,8-13)9-14/h14,16H,4-9H2,1-3H3. The van der Waals surface area contributed by atoms with Crippen molar-refractivity contribution in [2.75, 3.05) is 19.7 Å². The molecule has 0 spiro atoms. The highest BCUT2D eigenvalue weighted by molar-refractivity contribution is 5.68. The molecule has 17 heavy (non-hydrogen) atoms. The minimum absolute atomic E-state index is 0.137. The fourth-order valence-corrected chi connectivity index (χ4v) is 1.88. The van der Waals surface area contributed by atoms with Gasteiger partial charge in [-0.1, -0.05) is 0 Å². The number of carbonyl (C=O) groups is 1. The van der Waals surface area contributed by atoms with Crippen molar-refractivity contribution in [2.24, 2.45) is 0 Å². The predicted molar refractivity (Wildman–Crippen MR) is 63.7 cm³/mol. The molecule has 1 fully saturated rings. The van der Waals surface area contributed by atoms with E-state index in [0.717, 1.165) is 12.8 Å². The lowest BCUT2D eigenvalue weighted by molar-refractivity contribution is -0.0443. The molecule has 1 aliphatic rings. The zero-order chi connectivity index (χ0) is 13.1. The number of hydrogen-bond donors (Lipinski definition) is 2. The van der Waals surface area contributed by atoms with Gasteiger partial charge < -0.3 is 19.8 Å². The molecule has 1 unspecified atom stereocenters. The molecule has 1 aliphatic heterocycles. The van der Waals surface area contributed by atoms with Crippen LogP contribution < -0.4 is 0 Å². The Kier molecular flexibility index (Phi) is 4.38. The molecular formula is C12H23NO4. The number of amides is 1. The number of carbonyl (C=O) groups excluding carboxylic acids is 1. The Bertz CT molecular complexity index is 274. The quantitative estimate of drug-likeness (QED) is 0.726. The minimum Gasteiger partial charge on any atom is -0.444 e. The number of nitrogens with zero attached hydrogens (tertiary/aromatic N) is 1. The third-order valence-electron chi connectivity index (χ3n) is 2.75. The lowest BCUT2D eigenvalue weighted by atomic mass is 9.99. The van der Waals surface area contributed by atoms with Crippen LogP contribution in [0.1, 0.15) is 40.0 Å². The van der Waals surface area contributed by atoms with Crippen LogP contribution in [0.3, 0.4) is 0 Å². The van der Waals surface area contributed by atoms with E-state index in [0.29, 0.717) is 13.0 Å². The van der Waals surface area contributed by atoms with Crippen LogP contribution >= 0.6 is 0 Å². The molecule has 100 valence electrons. The number of hydrogen-bond acceptors (Lipinski definition) is 4. The Balaban J connectivity index is 2.66. The molecule has 0 aromatic rings. The third kappa shape index (κ3) is 4.52. The van der Waals surface area contributed by atoms with Gasteiger partial charge in [-0.15, -0.1) is 0 Å². The monoisotopic (exact) mass is 245 g/mol. The lowest BCUT2D eigenvalue weighted by Gasteiger charge is -2.31. The smallest absolute Gasteiger partial charge is 0.410 e. The molecule has 0 aliphatic carbocycles. The average Bonchev–Trinajstić information content (AvgIpc) is 2.39. The summed E-state index contributed by atoms with van der Waals surface area (Å²) in [6.45, 7) is 5.80. The molecule has 1 amide bonds. The first-order valence-electron chi connectivity index (χ1n) is 6.07. The van der Waals surface area contributed by atoms with Gasteiger partial charge in [0.1, 0.15) is 11.2 Å². The largest absolute Gasteiger partial charge is 0.444 e. The zero-order valence-corrected chi connectivity index (χ0v) is 10.9. The molecule has 2 N–H and O–H groups in total. The molecule has 0 bridgehead atoms. The predicted octanol–water partition coefficient (Wildman–Crippen LogP) is 1.13. The Morgan fingerprint density at radius 1 is 1.41 bits per heavy atom. The first-order chi connectivity index (χ1) is 7.76. The van der Waals surface area contributed by atoms with Gasteiger partial charge in [-0.25, -0.2) is 4.79 Å². The Hall–Kier alpha value is -0.810. The van der Waals surface area contributed by atoms with Crippen molar-refractivity contribution in [3.05, 3.63) is 0 Å². The van der Waals surface area contributed by atoms with Crippen LogP contribution in [0, 0.1) is 0 Å². The van der Waals surface area contributed by atoms with Crippen LogP contribution in [0.15, 0.2) is 0 Å². The first kappa shape index (κ1) is 14.3. The van der Waals surface area contributed by atoms with Crippen molar-refractivity contribution in [1.29, 1.82) is 0 Å². The van der Waals surface area contributed by atoms with Gasteiger partial charge in [0.15, 0.2) is 0 Å². The highest BCUT2D eigenvalue weighted by atomic mass is 16.6. The van der Waals surface area contributed by atoms with Crippen molar-refractivity contribution in [3.8, 4) is 0 Å². The van der Waals surface area contributed by atoms with Crippen molar-refractivity contribution in [3.63, 3.8) is 0 Å². The number of β-amino-alcohol motifs (C(OH)–C–C–N with tert-alkyl or cyclic N) is 1. The molecule has 5 heteroatoms. The second-order valence-electron chi connectivity index (χ2n) is 5.74. The molecule has 1 heterocycles. The van der Waals surface area contributed by atoms with E-state index in [-0.39, 0.29) is 13.2 Å².